The number of ketones is 1. The number of alkyl halides is 3. The van der Waals surface area contributed by atoms with Crippen LogP contribution in [0, 0.1) is 0 Å². The van der Waals surface area contributed by atoms with Gasteiger partial charge >= 0.3 is 12.2 Å². The smallest absolute Gasteiger partial charge is 0.417 e. The number of pyridine rings is 1. The Kier molecular flexibility index (Phi) is 6.59. The third-order valence-corrected chi connectivity index (χ3v) is 4.66. The van der Waals surface area contributed by atoms with Crippen molar-refractivity contribution < 1.29 is 27.5 Å². The minimum Gasteiger partial charge on any atom is -0.457 e. The predicted octanol–water partition coefficient (Wildman–Crippen LogP) is 6.50. The number of amides is 2. The van der Waals surface area contributed by atoms with E-state index in [-0.39, 0.29) is 21.6 Å². The van der Waals surface area contributed by atoms with Crippen LogP contribution in [-0.4, -0.2) is 16.8 Å². The number of nitrogens with one attached hydrogen (secondary N) is 2. The molecule has 2 amide bonds. The molecule has 2 N–H and O–H groups in total. The monoisotopic (exact) mass is 493 g/mol. The Morgan fingerprint density at radius 1 is 0.935 bits per heavy atom. The molecule has 0 aliphatic heterocycles. The second kappa shape index (κ2) is 9.17. The van der Waals surface area contributed by atoms with Gasteiger partial charge in [0.2, 0.25) is 0 Å². The number of Topliss-reactive ketones (excluding diaryl/α,β-unsaturated/α-hetero) is 1. The highest BCUT2D eigenvalue weighted by Crippen LogP contribution is 2.36. The lowest BCUT2D eigenvalue weighted by Gasteiger charge is -2.13. The number of anilines is 2. The Balaban J connectivity index is 1.63. The van der Waals surface area contributed by atoms with Gasteiger partial charge in [-0.05, 0) is 48.5 Å². The van der Waals surface area contributed by atoms with Crippen molar-refractivity contribution in [3.05, 3.63) is 76.5 Å². The summed E-state index contributed by atoms with van der Waals surface area (Å²) in [7, 11) is 0. The third-order valence-electron chi connectivity index (χ3n) is 3.97. The number of carbonyl (C=O) groups excluding carboxylic acids is 2. The number of aromatic nitrogens is 1. The molecule has 31 heavy (non-hydrogen) atoms. The highest BCUT2D eigenvalue weighted by molar-refractivity contribution is 9.10. The van der Waals surface area contributed by atoms with E-state index in [1.54, 1.807) is 30.3 Å². The van der Waals surface area contributed by atoms with Gasteiger partial charge in [-0.15, -0.1) is 0 Å². The Bertz CT molecular complexity index is 1120. The summed E-state index contributed by atoms with van der Waals surface area (Å²) < 4.78 is 44.5. The van der Waals surface area contributed by atoms with Gasteiger partial charge in [0.05, 0.1) is 5.56 Å². The molecule has 10 heteroatoms. The van der Waals surface area contributed by atoms with Crippen LogP contribution in [0.25, 0.3) is 0 Å². The maximum Gasteiger partial charge on any atom is 0.417 e. The van der Waals surface area contributed by atoms with Gasteiger partial charge in [0.15, 0.2) is 5.78 Å². The van der Waals surface area contributed by atoms with E-state index in [9.17, 15) is 22.8 Å². The largest absolute Gasteiger partial charge is 0.457 e. The topological polar surface area (TPSA) is 80.3 Å². The molecule has 3 aromatic rings. The van der Waals surface area contributed by atoms with Gasteiger partial charge < -0.3 is 15.4 Å². The zero-order valence-corrected chi connectivity index (χ0v) is 17.5. The van der Waals surface area contributed by atoms with Gasteiger partial charge in [0.25, 0.3) is 0 Å². The number of hydrogen-bond donors (Lipinski definition) is 2. The van der Waals surface area contributed by atoms with Crippen LogP contribution < -0.4 is 15.4 Å². The van der Waals surface area contributed by atoms with Gasteiger partial charge in [-0.3, -0.25) is 9.78 Å². The van der Waals surface area contributed by atoms with Gasteiger partial charge in [0.1, 0.15) is 17.2 Å². The summed E-state index contributed by atoms with van der Waals surface area (Å²) in [6, 6.07) is 12.1. The molecule has 1 heterocycles. The lowest BCUT2D eigenvalue weighted by molar-refractivity contribution is -0.138. The third kappa shape index (κ3) is 6.05. The lowest BCUT2D eigenvalue weighted by atomic mass is 10.2. The van der Waals surface area contributed by atoms with E-state index in [2.05, 4.69) is 31.5 Å². The molecule has 0 aliphatic carbocycles. The molecule has 0 unspecified atom stereocenters. The number of rotatable bonds is 5. The first-order valence-electron chi connectivity index (χ1n) is 8.81. The van der Waals surface area contributed by atoms with Crippen molar-refractivity contribution in [3.63, 3.8) is 0 Å². The number of benzene rings is 2. The van der Waals surface area contributed by atoms with Crippen molar-refractivity contribution in [1.82, 2.24) is 4.98 Å². The Morgan fingerprint density at radius 3 is 2.23 bits per heavy atom. The van der Waals surface area contributed by atoms with Gasteiger partial charge in [-0.2, -0.15) is 13.2 Å². The van der Waals surface area contributed by atoms with E-state index in [1.807, 2.05) is 0 Å². The maximum absolute atomic E-state index is 13.0. The molecule has 160 valence electrons. The molecule has 0 fully saturated rings. The van der Waals surface area contributed by atoms with E-state index in [0.717, 1.165) is 6.07 Å². The first kappa shape index (κ1) is 22.3. The van der Waals surface area contributed by atoms with Crippen molar-refractivity contribution in [2.24, 2.45) is 0 Å². The molecule has 0 saturated carbocycles. The van der Waals surface area contributed by atoms with E-state index in [4.69, 9.17) is 4.74 Å². The van der Waals surface area contributed by atoms with Gasteiger partial charge in [-0.1, -0.05) is 15.9 Å². The number of hydrogen-bond acceptors (Lipinski definition) is 4. The number of halogens is 4. The zero-order valence-electron chi connectivity index (χ0n) is 16.0. The minimum absolute atomic E-state index is 0.00746. The summed E-state index contributed by atoms with van der Waals surface area (Å²) in [6.45, 7) is 1.40. The Hall–Kier alpha value is -3.40. The molecule has 0 spiro atoms. The average Bonchev–Trinajstić information content (AvgIpc) is 2.70. The van der Waals surface area contributed by atoms with Crippen LogP contribution in [0.4, 0.5) is 29.3 Å². The number of nitrogens with zero attached hydrogens (tertiary/aromatic N) is 1. The fourth-order valence-electron chi connectivity index (χ4n) is 2.52. The van der Waals surface area contributed by atoms with E-state index >= 15 is 0 Å². The second-order valence-electron chi connectivity index (χ2n) is 6.33. The Morgan fingerprint density at radius 2 is 1.58 bits per heavy atom. The van der Waals surface area contributed by atoms with Crippen molar-refractivity contribution in [1.29, 1.82) is 0 Å². The summed E-state index contributed by atoms with van der Waals surface area (Å²) in [4.78, 5) is 27.4. The van der Waals surface area contributed by atoms with Crippen LogP contribution in [-0.2, 0) is 6.18 Å². The number of carbonyl (C=O) groups is 2. The Labute approximate surface area is 183 Å². The van der Waals surface area contributed by atoms with Gasteiger partial charge in [-0.25, -0.2) is 4.79 Å². The fourth-order valence-corrected chi connectivity index (χ4v) is 2.99. The van der Waals surface area contributed by atoms with Crippen LogP contribution in [0.3, 0.4) is 0 Å². The lowest BCUT2D eigenvalue weighted by Crippen LogP contribution is -2.19. The standard InChI is InChI=1S/C21H15BrF3N3O3/c1-12(29)19-11-16(8-9-26-19)31-15-5-2-13(3-6-15)27-20(30)28-14-4-7-18(22)17(10-14)21(23,24)25/h2-11H,1H3,(H2,27,28,30). The quantitative estimate of drug-likeness (QED) is 0.397. The summed E-state index contributed by atoms with van der Waals surface area (Å²) >= 11 is 2.85. The molecule has 0 atom stereocenters. The van der Waals surface area contributed by atoms with Crippen molar-refractivity contribution in [2.45, 2.75) is 13.1 Å². The number of urea groups is 1. The number of ether oxygens (including phenoxy) is 1. The van der Waals surface area contributed by atoms with E-state index in [0.29, 0.717) is 17.2 Å². The molecule has 0 bridgehead atoms. The average molecular weight is 494 g/mol. The second-order valence-corrected chi connectivity index (χ2v) is 7.19. The van der Waals surface area contributed by atoms with Crippen LogP contribution in [0.2, 0.25) is 0 Å². The summed E-state index contributed by atoms with van der Waals surface area (Å²) in [5.41, 5.74) is -0.228. The molecule has 0 aliphatic rings. The van der Waals surface area contributed by atoms with Crippen LogP contribution in [0.15, 0.2) is 65.3 Å². The highest BCUT2D eigenvalue weighted by atomic mass is 79.9. The normalized spacial score (nSPS) is 11.0. The van der Waals surface area contributed by atoms with Crippen molar-refractivity contribution >= 4 is 39.1 Å². The first-order chi connectivity index (χ1) is 14.6. The van der Waals surface area contributed by atoms with Crippen LogP contribution in [0.1, 0.15) is 23.0 Å². The molecule has 0 saturated heterocycles. The highest BCUT2D eigenvalue weighted by Gasteiger charge is 2.33. The molecular formula is C21H15BrF3N3O3. The molecule has 6 nitrogen and oxygen atoms in total. The molecule has 2 aromatic carbocycles. The van der Waals surface area contributed by atoms with Crippen LogP contribution in [0.5, 0.6) is 11.5 Å². The van der Waals surface area contributed by atoms with Crippen molar-refractivity contribution in [3.8, 4) is 11.5 Å². The van der Waals surface area contributed by atoms with Gasteiger partial charge in [0, 0.05) is 35.0 Å². The molecule has 3 rings (SSSR count). The fraction of sp³-hybridized carbons (Fsp3) is 0.0952. The van der Waals surface area contributed by atoms with E-state index < -0.39 is 17.8 Å². The summed E-state index contributed by atoms with van der Waals surface area (Å²) in [5.74, 6) is 0.688. The minimum atomic E-state index is -4.55. The molecular weight excluding hydrogens is 479 g/mol. The summed E-state index contributed by atoms with van der Waals surface area (Å²) in [6.07, 6.45) is -3.10. The van der Waals surface area contributed by atoms with Crippen molar-refractivity contribution in [2.75, 3.05) is 10.6 Å². The SMILES string of the molecule is CC(=O)c1cc(Oc2ccc(NC(=O)Nc3ccc(Br)c(C(F)(F)F)c3)cc2)ccn1. The zero-order chi connectivity index (χ0) is 22.6. The van der Waals surface area contributed by atoms with E-state index in [1.165, 1.54) is 31.3 Å². The predicted molar refractivity (Wildman–Crippen MR) is 113 cm³/mol. The summed E-state index contributed by atoms with van der Waals surface area (Å²) in [5, 5.41) is 4.89. The van der Waals surface area contributed by atoms with Crippen LogP contribution >= 0.6 is 15.9 Å². The maximum atomic E-state index is 13.0. The first-order valence-corrected chi connectivity index (χ1v) is 9.61. The molecule has 1 aromatic heterocycles. The molecule has 0 radical (unpaired) electrons.